The summed E-state index contributed by atoms with van der Waals surface area (Å²) in [6, 6.07) is 14.7. The van der Waals surface area contributed by atoms with Crippen LogP contribution >= 0.6 is 11.6 Å². The number of aromatic nitrogens is 2. The van der Waals surface area contributed by atoms with Crippen LogP contribution in [-0.4, -0.2) is 22.5 Å². The molecule has 3 rings (SSSR count). The van der Waals surface area contributed by atoms with Crippen LogP contribution in [0.4, 0.5) is 0 Å². The second-order valence-corrected chi connectivity index (χ2v) is 6.78. The number of fused-ring (bicyclic) bond motifs is 1. The zero-order valence-electron chi connectivity index (χ0n) is 14.4. The van der Waals surface area contributed by atoms with Gasteiger partial charge in [-0.05, 0) is 24.3 Å². The van der Waals surface area contributed by atoms with Crippen molar-refractivity contribution in [3.8, 4) is 0 Å². The molecular weight excluding hydrogens is 352 g/mol. The van der Waals surface area contributed by atoms with Crippen LogP contribution in [0, 0.1) is 0 Å². The van der Waals surface area contributed by atoms with Gasteiger partial charge < -0.3 is 10.6 Å². The number of nitrogens with zero attached hydrogens (tertiary/aromatic N) is 2. The van der Waals surface area contributed by atoms with Crippen molar-refractivity contribution >= 4 is 28.4 Å². The number of primary amides is 1. The molecular formula is C19H20ClN4O2+. The maximum absolute atomic E-state index is 12.8. The highest BCUT2D eigenvalue weighted by Crippen LogP contribution is 2.09. The molecule has 0 saturated heterocycles. The summed E-state index contributed by atoms with van der Waals surface area (Å²) < 4.78 is 1.37. The number of benzene rings is 2. The van der Waals surface area contributed by atoms with Gasteiger partial charge in [-0.3, -0.25) is 14.2 Å². The lowest BCUT2D eigenvalue weighted by atomic mass is 10.2. The summed E-state index contributed by atoms with van der Waals surface area (Å²) in [5.74, 6) is -0.0280. The Balaban J connectivity index is 1.93. The molecule has 1 unspecified atom stereocenters. The predicted molar refractivity (Wildman–Crippen MR) is 101 cm³/mol. The lowest BCUT2D eigenvalue weighted by Gasteiger charge is -2.17. The molecule has 0 bridgehead atoms. The highest BCUT2D eigenvalue weighted by Gasteiger charge is 2.16. The van der Waals surface area contributed by atoms with Crippen molar-refractivity contribution < 1.29 is 9.69 Å². The Hall–Kier alpha value is -2.70. The molecule has 0 aliphatic carbocycles. The molecule has 0 fully saturated rings. The summed E-state index contributed by atoms with van der Waals surface area (Å²) in [4.78, 5) is 29.9. The molecule has 2 aromatic carbocycles. The zero-order valence-corrected chi connectivity index (χ0v) is 15.2. The van der Waals surface area contributed by atoms with E-state index in [2.05, 4.69) is 4.98 Å². The van der Waals surface area contributed by atoms with Gasteiger partial charge in [0.25, 0.3) is 5.56 Å². The first kappa shape index (κ1) is 18.1. The molecule has 0 aliphatic heterocycles. The van der Waals surface area contributed by atoms with Gasteiger partial charge in [0.1, 0.15) is 19.6 Å². The first-order chi connectivity index (χ1) is 12.4. The number of nitrogens with one attached hydrogen (secondary N) is 1. The summed E-state index contributed by atoms with van der Waals surface area (Å²) in [6.45, 7) is 1.03. The van der Waals surface area contributed by atoms with Crippen molar-refractivity contribution in [1.29, 1.82) is 0 Å². The Bertz CT molecular complexity index is 999. The van der Waals surface area contributed by atoms with Gasteiger partial charge in [-0.15, -0.1) is 0 Å². The van der Waals surface area contributed by atoms with Gasteiger partial charge in [-0.2, -0.15) is 0 Å². The van der Waals surface area contributed by atoms with Gasteiger partial charge in [-0.25, -0.2) is 4.98 Å². The Morgan fingerprint density at radius 3 is 2.54 bits per heavy atom. The number of carbonyl (C=O) groups is 1. The Kier molecular flexibility index (Phi) is 5.35. The average molecular weight is 372 g/mol. The van der Waals surface area contributed by atoms with Crippen molar-refractivity contribution in [2.75, 3.05) is 7.05 Å². The van der Waals surface area contributed by atoms with E-state index >= 15 is 0 Å². The van der Waals surface area contributed by atoms with Crippen LogP contribution in [-0.2, 0) is 24.4 Å². The number of halogens is 1. The molecule has 134 valence electrons. The van der Waals surface area contributed by atoms with E-state index in [0.717, 1.165) is 17.0 Å². The third kappa shape index (κ3) is 4.09. The highest BCUT2D eigenvalue weighted by atomic mass is 35.5. The van der Waals surface area contributed by atoms with E-state index in [-0.39, 0.29) is 12.1 Å². The standard InChI is InChI=1S/C19H19ClN4O2/c1-23(10-13-6-8-14(20)9-7-13)12-18-22-16-5-3-2-4-15(16)19(26)24(18)11-17(21)25/h2-9H,10-12H2,1H3,(H2,21,25)/p+1. The number of hydrogen-bond donors (Lipinski definition) is 2. The van der Waals surface area contributed by atoms with Gasteiger partial charge in [0.15, 0.2) is 5.82 Å². The molecule has 3 N–H and O–H groups in total. The maximum atomic E-state index is 12.8. The normalized spacial score (nSPS) is 12.2. The number of quaternary nitrogens is 1. The summed E-state index contributed by atoms with van der Waals surface area (Å²) in [5.41, 5.74) is 6.82. The van der Waals surface area contributed by atoms with Gasteiger partial charge >= 0.3 is 0 Å². The maximum Gasteiger partial charge on any atom is 0.262 e. The predicted octanol–water partition coefficient (Wildman–Crippen LogP) is 0.750. The third-order valence-corrected chi connectivity index (χ3v) is 4.39. The first-order valence-corrected chi connectivity index (χ1v) is 8.64. The average Bonchev–Trinajstić information content (AvgIpc) is 2.60. The van der Waals surface area contributed by atoms with Crippen molar-refractivity contribution in [3.63, 3.8) is 0 Å². The molecule has 1 heterocycles. The minimum Gasteiger partial charge on any atom is -0.368 e. The van der Waals surface area contributed by atoms with Crippen LogP contribution < -0.4 is 16.2 Å². The van der Waals surface area contributed by atoms with Crippen LogP contribution in [0.2, 0.25) is 5.02 Å². The van der Waals surface area contributed by atoms with Crippen LogP contribution in [0.15, 0.2) is 53.3 Å². The monoisotopic (exact) mass is 371 g/mol. The number of hydrogen-bond acceptors (Lipinski definition) is 3. The van der Waals surface area contributed by atoms with Crippen molar-refractivity contribution in [2.45, 2.75) is 19.6 Å². The fraction of sp³-hybridized carbons (Fsp3) is 0.211. The van der Waals surface area contributed by atoms with E-state index in [1.807, 2.05) is 37.4 Å². The smallest absolute Gasteiger partial charge is 0.262 e. The third-order valence-electron chi connectivity index (χ3n) is 4.13. The van der Waals surface area contributed by atoms with Crippen LogP contribution in [0.3, 0.4) is 0 Å². The van der Waals surface area contributed by atoms with Gasteiger partial charge in [-0.1, -0.05) is 35.9 Å². The second kappa shape index (κ2) is 7.68. The van der Waals surface area contributed by atoms with Crippen LogP contribution in [0.25, 0.3) is 10.9 Å². The number of nitrogens with two attached hydrogens (primary N) is 1. The molecule has 0 aliphatic rings. The quantitative estimate of drug-likeness (QED) is 0.670. The largest absolute Gasteiger partial charge is 0.368 e. The van der Waals surface area contributed by atoms with Gasteiger partial charge in [0.2, 0.25) is 5.91 Å². The molecule has 6 nitrogen and oxygen atoms in total. The van der Waals surface area contributed by atoms with E-state index in [1.165, 1.54) is 4.57 Å². The minimum atomic E-state index is -0.569. The molecule has 26 heavy (non-hydrogen) atoms. The summed E-state index contributed by atoms with van der Waals surface area (Å²) in [5, 5.41) is 1.17. The Labute approximate surface area is 155 Å². The Morgan fingerprint density at radius 2 is 1.85 bits per heavy atom. The molecule has 1 aromatic heterocycles. The SMILES string of the molecule is C[NH+](Cc1ccc(Cl)cc1)Cc1nc2ccccc2c(=O)n1CC(N)=O. The molecule has 0 saturated carbocycles. The molecule has 7 heteroatoms. The molecule has 0 radical (unpaired) electrons. The van der Waals surface area contributed by atoms with Crippen molar-refractivity contribution in [2.24, 2.45) is 5.73 Å². The first-order valence-electron chi connectivity index (χ1n) is 8.26. The number of amides is 1. The van der Waals surface area contributed by atoms with Gasteiger partial charge in [0.05, 0.1) is 18.0 Å². The minimum absolute atomic E-state index is 0.180. The zero-order chi connectivity index (χ0) is 18.7. The number of rotatable bonds is 6. The van der Waals surface area contributed by atoms with Crippen molar-refractivity contribution in [1.82, 2.24) is 9.55 Å². The van der Waals surface area contributed by atoms with E-state index in [4.69, 9.17) is 17.3 Å². The Morgan fingerprint density at radius 1 is 1.15 bits per heavy atom. The van der Waals surface area contributed by atoms with Crippen LogP contribution in [0.5, 0.6) is 0 Å². The summed E-state index contributed by atoms with van der Waals surface area (Å²) >= 11 is 5.92. The van der Waals surface area contributed by atoms with E-state index in [1.54, 1.807) is 18.2 Å². The van der Waals surface area contributed by atoms with Crippen LogP contribution in [0.1, 0.15) is 11.4 Å². The number of para-hydroxylation sites is 1. The summed E-state index contributed by atoms with van der Waals surface area (Å²) in [7, 11) is 2.00. The molecule has 1 amide bonds. The molecule has 1 atom stereocenters. The fourth-order valence-electron chi connectivity index (χ4n) is 2.95. The summed E-state index contributed by atoms with van der Waals surface area (Å²) in [6.07, 6.45) is 0. The lowest BCUT2D eigenvalue weighted by Crippen LogP contribution is -3.06. The fourth-order valence-corrected chi connectivity index (χ4v) is 3.08. The van der Waals surface area contributed by atoms with E-state index in [9.17, 15) is 9.59 Å². The highest BCUT2D eigenvalue weighted by molar-refractivity contribution is 6.30. The second-order valence-electron chi connectivity index (χ2n) is 6.34. The topological polar surface area (TPSA) is 82.4 Å². The van der Waals surface area contributed by atoms with E-state index in [0.29, 0.717) is 28.3 Å². The van der Waals surface area contributed by atoms with Crippen molar-refractivity contribution in [3.05, 3.63) is 75.3 Å². The number of carbonyl (C=O) groups excluding carboxylic acids is 1. The van der Waals surface area contributed by atoms with Gasteiger partial charge in [0, 0.05) is 10.6 Å². The molecule has 0 spiro atoms. The van der Waals surface area contributed by atoms with E-state index < -0.39 is 5.91 Å². The lowest BCUT2D eigenvalue weighted by molar-refractivity contribution is -0.908. The molecule has 3 aromatic rings.